The molecule has 0 aromatic rings. The zero-order chi connectivity index (χ0) is 0. The van der Waals surface area contributed by atoms with Gasteiger partial charge in [0.1, 0.15) is 0 Å². The molecule has 0 aliphatic carbocycles. The van der Waals surface area contributed by atoms with Crippen molar-refractivity contribution < 1.29 is 32.7 Å². The minimum absolute atomic E-state index is 0. The van der Waals surface area contributed by atoms with Crippen molar-refractivity contribution >= 4 is 55.3 Å². The summed E-state index contributed by atoms with van der Waals surface area (Å²) in [4.78, 5) is 0. The second-order valence-corrected chi connectivity index (χ2v) is 0. The van der Waals surface area contributed by atoms with Crippen molar-refractivity contribution in [2.45, 2.75) is 0 Å². The van der Waals surface area contributed by atoms with Crippen LogP contribution in [0.25, 0.3) is 0 Å². The standard InChI is InChI=1S/Al.BH3.Na.Y.4H/h;1H3;;;;;;. The molecule has 0 N–H and O–H groups in total. The Balaban J connectivity index is 0. The van der Waals surface area contributed by atoms with E-state index >= 15 is 0 Å². The van der Waals surface area contributed by atoms with Crippen LogP contribution < -0.4 is 0 Å². The molecule has 0 saturated heterocycles. The van der Waals surface area contributed by atoms with Crippen molar-refractivity contribution in [2.24, 2.45) is 0 Å². The first-order chi connectivity index (χ1) is 0. The van der Waals surface area contributed by atoms with Crippen LogP contribution in [0.3, 0.4) is 0 Å². The summed E-state index contributed by atoms with van der Waals surface area (Å²) in [5.74, 6) is 0. The molecule has 0 amide bonds. The topological polar surface area (TPSA) is 0 Å². The van der Waals surface area contributed by atoms with E-state index in [1.54, 1.807) is 0 Å². The molecule has 0 fully saturated rings. The van der Waals surface area contributed by atoms with Gasteiger partial charge in [0.25, 0.3) is 0 Å². The van der Waals surface area contributed by atoms with E-state index in [1.165, 1.54) is 0 Å². The van der Waals surface area contributed by atoms with E-state index in [-0.39, 0.29) is 88.0 Å². The van der Waals surface area contributed by atoms with Crippen molar-refractivity contribution in [3.8, 4) is 0 Å². The van der Waals surface area contributed by atoms with E-state index in [9.17, 15) is 0 Å². The molecule has 0 rings (SSSR count). The first-order valence-corrected chi connectivity index (χ1v) is 0. The monoisotopic (exact) mass is 157 g/mol. The van der Waals surface area contributed by atoms with Gasteiger partial charge in [0.2, 0.25) is 0 Å². The van der Waals surface area contributed by atoms with Gasteiger partial charge in [0.05, 0.1) is 8.41 Å². The molecular formula is H7AlBNaY. The third-order valence-corrected chi connectivity index (χ3v) is 0. The maximum Gasteiger partial charge on any atom is 0 e. The second kappa shape index (κ2) is 17.3. The SMILES string of the molecule is B.[AlH3].[NaH].[Y]. The van der Waals surface area contributed by atoms with Crippen molar-refractivity contribution in [3.63, 3.8) is 0 Å². The van der Waals surface area contributed by atoms with Crippen molar-refractivity contribution in [3.05, 3.63) is 0 Å². The largest absolute Gasteiger partial charge is 0 e. The Bertz CT molecular complexity index is 8.00. The van der Waals surface area contributed by atoms with Crippen molar-refractivity contribution in [1.29, 1.82) is 0 Å². The predicted molar refractivity (Wildman–Crippen MR) is 27.0 cm³/mol. The molecule has 0 aromatic heterocycles. The summed E-state index contributed by atoms with van der Waals surface area (Å²) in [5, 5.41) is 0. The molecule has 0 atom stereocenters. The maximum absolute atomic E-state index is 0. The van der Waals surface area contributed by atoms with Gasteiger partial charge in [-0.05, 0) is 0 Å². The summed E-state index contributed by atoms with van der Waals surface area (Å²) in [6, 6.07) is 0. The zero-order valence-corrected chi connectivity index (χ0v) is 3.42. The van der Waals surface area contributed by atoms with Gasteiger partial charge in [-0.25, -0.2) is 0 Å². The normalized spacial score (nSPS) is 0. The molecule has 0 nitrogen and oxygen atoms in total. The van der Waals surface area contributed by atoms with Gasteiger partial charge in [-0.1, -0.05) is 0 Å². The van der Waals surface area contributed by atoms with Gasteiger partial charge in [-0.15, -0.1) is 0 Å². The van der Waals surface area contributed by atoms with Gasteiger partial charge in [-0.2, -0.15) is 0 Å². The molecule has 0 aliphatic rings. The summed E-state index contributed by atoms with van der Waals surface area (Å²) >= 11 is 0. The molecule has 0 heterocycles. The van der Waals surface area contributed by atoms with E-state index in [4.69, 9.17) is 0 Å². The predicted octanol–water partition coefficient (Wildman–Crippen LogP) is -3.02. The molecule has 0 saturated carbocycles. The summed E-state index contributed by atoms with van der Waals surface area (Å²) in [5.41, 5.74) is 0. The fourth-order valence-corrected chi connectivity index (χ4v) is 0. The van der Waals surface area contributed by atoms with Gasteiger partial charge in [0.15, 0.2) is 17.4 Å². The maximum atomic E-state index is 0. The number of hydrogen-bond acceptors (Lipinski definition) is 0. The van der Waals surface area contributed by atoms with Crippen LogP contribution >= 0.6 is 0 Å². The van der Waals surface area contributed by atoms with Crippen LogP contribution in [0.5, 0.6) is 0 Å². The molecule has 0 bridgehead atoms. The van der Waals surface area contributed by atoms with Gasteiger partial charge in [0, 0.05) is 32.7 Å². The smallest absolute Gasteiger partial charge is 0 e. The van der Waals surface area contributed by atoms with E-state index in [2.05, 4.69) is 0 Å². The van der Waals surface area contributed by atoms with Gasteiger partial charge >= 0.3 is 29.6 Å². The summed E-state index contributed by atoms with van der Waals surface area (Å²) in [6.45, 7) is 0. The molecule has 0 spiro atoms. The minimum atomic E-state index is 0. The van der Waals surface area contributed by atoms with Crippen LogP contribution in [-0.4, -0.2) is 55.3 Å². The van der Waals surface area contributed by atoms with Gasteiger partial charge in [-0.3, -0.25) is 0 Å². The summed E-state index contributed by atoms with van der Waals surface area (Å²) in [7, 11) is 0. The Morgan fingerprint density at radius 2 is 1.00 bits per heavy atom. The Labute approximate surface area is 86.4 Å². The Morgan fingerprint density at radius 3 is 1.00 bits per heavy atom. The number of rotatable bonds is 0. The van der Waals surface area contributed by atoms with E-state index in [0.717, 1.165) is 0 Å². The molecule has 0 aromatic carbocycles. The zero-order valence-electron chi connectivity index (χ0n) is 0.577. The van der Waals surface area contributed by atoms with Crippen LogP contribution in [0.4, 0.5) is 0 Å². The molecular weight excluding hydrogens is 150 g/mol. The third-order valence-electron chi connectivity index (χ3n) is 0. The molecule has 0 unspecified atom stereocenters. The van der Waals surface area contributed by atoms with E-state index < -0.39 is 0 Å². The first kappa shape index (κ1) is 29.9. The molecule has 17 valence electrons. The fourth-order valence-electron chi connectivity index (χ4n) is 0. The van der Waals surface area contributed by atoms with E-state index in [1.807, 2.05) is 0 Å². The minimum Gasteiger partial charge on any atom is 0 e. The average molecular weight is 157 g/mol. The van der Waals surface area contributed by atoms with Crippen LogP contribution in [0.15, 0.2) is 0 Å². The first-order valence-electron chi connectivity index (χ1n) is 0. The van der Waals surface area contributed by atoms with Crippen LogP contribution in [0.1, 0.15) is 0 Å². The summed E-state index contributed by atoms with van der Waals surface area (Å²) < 4.78 is 0. The Kier molecular flexibility index (Phi) is 129. The van der Waals surface area contributed by atoms with Crippen LogP contribution in [-0.2, 0) is 32.7 Å². The molecule has 4 heavy (non-hydrogen) atoms. The van der Waals surface area contributed by atoms with E-state index in [0.29, 0.717) is 0 Å². The van der Waals surface area contributed by atoms with Crippen LogP contribution in [0, 0.1) is 0 Å². The quantitative estimate of drug-likeness (QED) is 0.328. The second-order valence-electron chi connectivity index (χ2n) is 0. The molecule has 1 radical (unpaired) electrons. The number of hydrogen-bond donors (Lipinski definition) is 0. The van der Waals surface area contributed by atoms with Crippen LogP contribution in [0.2, 0.25) is 0 Å². The van der Waals surface area contributed by atoms with Crippen molar-refractivity contribution in [1.82, 2.24) is 0 Å². The third kappa shape index (κ3) is 8.83. The molecule has 4 heteroatoms. The van der Waals surface area contributed by atoms with Crippen molar-refractivity contribution in [2.75, 3.05) is 0 Å². The molecule has 0 aliphatic heterocycles. The van der Waals surface area contributed by atoms with Gasteiger partial charge < -0.3 is 0 Å². The fraction of sp³-hybridized carbons (Fsp3) is 0. The Hall–Kier alpha value is 2.70. The average Bonchev–Trinajstić information content (AvgIpc) is 0. The Morgan fingerprint density at radius 1 is 1.00 bits per heavy atom. The summed E-state index contributed by atoms with van der Waals surface area (Å²) in [6.07, 6.45) is 0.